The lowest BCUT2D eigenvalue weighted by Gasteiger charge is -2.10. The molecule has 0 saturated heterocycles. The quantitative estimate of drug-likeness (QED) is 0.491. The molecule has 0 bridgehead atoms. The number of phenols is 1. The van der Waals surface area contributed by atoms with Crippen LogP contribution in [0, 0.1) is 0 Å². The normalized spacial score (nSPS) is 10.8. The third kappa shape index (κ3) is 3.14. The fourth-order valence-electron chi connectivity index (χ4n) is 2.71. The van der Waals surface area contributed by atoms with E-state index in [9.17, 15) is 5.11 Å². The Labute approximate surface area is 150 Å². The van der Waals surface area contributed by atoms with Crippen molar-refractivity contribution in [2.75, 3.05) is 0 Å². The summed E-state index contributed by atoms with van der Waals surface area (Å²) in [6, 6.07) is 22.3. The molecule has 0 saturated carbocycles. The molecule has 0 aliphatic carbocycles. The van der Waals surface area contributed by atoms with Crippen LogP contribution >= 0.6 is 11.6 Å². The first-order valence-electron chi connectivity index (χ1n) is 7.81. The predicted molar refractivity (Wildman–Crippen MR) is 99.5 cm³/mol. The summed E-state index contributed by atoms with van der Waals surface area (Å²) in [6.45, 7) is 0. The third-order valence-electron chi connectivity index (χ3n) is 3.95. The molecule has 122 valence electrons. The van der Waals surface area contributed by atoms with Gasteiger partial charge in [-0.25, -0.2) is 4.98 Å². The Morgan fingerprint density at radius 3 is 2.28 bits per heavy atom. The van der Waals surface area contributed by atoms with Crippen LogP contribution in [0.4, 0.5) is 0 Å². The Morgan fingerprint density at radius 1 is 0.800 bits per heavy atom. The van der Waals surface area contributed by atoms with Gasteiger partial charge in [0.1, 0.15) is 11.5 Å². The standard InChI is InChI=1S/C21H14ClNO2/c22-16-9-7-14(8-10-16)18-12-15(21-6-3-11-25-21)13-19(23-18)17-4-1-2-5-20(17)24/h1-13,24H. The van der Waals surface area contributed by atoms with Crippen molar-refractivity contribution in [3.05, 3.63) is 84.1 Å². The van der Waals surface area contributed by atoms with Gasteiger partial charge in [0.15, 0.2) is 0 Å². The van der Waals surface area contributed by atoms with Crippen LogP contribution in [0.3, 0.4) is 0 Å². The van der Waals surface area contributed by atoms with Crippen molar-refractivity contribution in [3.63, 3.8) is 0 Å². The highest BCUT2D eigenvalue weighted by atomic mass is 35.5. The lowest BCUT2D eigenvalue weighted by molar-refractivity contribution is 0.477. The van der Waals surface area contributed by atoms with Crippen molar-refractivity contribution in [1.82, 2.24) is 4.98 Å². The number of furan rings is 1. The maximum atomic E-state index is 10.2. The number of halogens is 1. The van der Waals surface area contributed by atoms with Crippen molar-refractivity contribution in [3.8, 4) is 39.6 Å². The number of hydrogen-bond donors (Lipinski definition) is 1. The van der Waals surface area contributed by atoms with E-state index in [2.05, 4.69) is 0 Å². The fourth-order valence-corrected chi connectivity index (χ4v) is 2.84. The molecule has 25 heavy (non-hydrogen) atoms. The average molecular weight is 348 g/mol. The number of phenolic OH excluding ortho intramolecular Hbond substituents is 1. The number of aromatic nitrogens is 1. The SMILES string of the molecule is Oc1ccccc1-c1cc(-c2ccco2)cc(-c2ccc(Cl)cc2)n1. The van der Waals surface area contributed by atoms with Crippen LogP contribution in [0.15, 0.2) is 83.5 Å². The summed E-state index contributed by atoms with van der Waals surface area (Å²) in [6.07, 6.45) is 1.64. The second-order valence-electron chi connectivity index (χ2n) is 5.63. The zero-order chi connectivity index (χ0) is 17.2. The van der Waals surface area contributed by atoms with Gasteiger partial charge in [-0.15, -0.1) is 0 Å². The molecule has 2 aromatic carbocycles. The molecule has 1 N–H and O–H groups in total. The maximum absolute atomic E-state index is 10.2. The third-order valence-corrected chi connectivity index (χ3v) is 4.20. The number of aromatic hydroxyl groups is 1. The van der Waals surface area contributed by atoms with Crippen LogP contribution in [-0.2, 0) is 0 Å². The van der Waals surface area contributed by atoms with Crippen molar-refractivity contribution < 1.29 is 9.52 Å². The van der Waals surface area contributed by atoms with Gasteiger partial charge in [0.05, 0.1) is 17.7 Å². The van der Waals surface area contributed by atoms with Gasteiger partial charge in [-0.05, 0) is 48.5 Å². The molecule has 0 unspecified atom stereocenters. The van der Waals surface area contributed by atoms with Crippen molar-refractivity contribution in [2.24, 2.45) is 0 Å². The second-order valence-corrected chi connectivity index (χ2v) is 6.06. The topological polar surface area (TPSA) is 46.3 Å². The van der Waals surface area contributed by atoms with Crippen LogP contribution in [0.25, 0.3) is 33.8 Å². The molecular formula is C21H14ClNO2. The molecule has 0 atom stereocenters. The number of nitrogens with zero attached hydrogens (tertiary/aromatic N) is 1. The molecule has 0 amide bonds. The van der Waals surface area contributed by atoms with E-state index in [0.717, 1.165) is 22.6 Å². The largest absolute Gasteiger partial charge is 0.507 e. The summed E-state index contributed by atoms with van der Waals surface area (Å²) < 4.78 is 5.54. The molecule has 4 rings (SSSR count). The molecule has 2 heterocycles. The van der Waals surface area contributed by atoms with Gasteiger partial charge in [-0.2, -0.15) is 0 Å². The molecular weight excluding hydrogens is 334 g/mol. The number of rotatable bonds is 3. The maximum Gasteiger partial charge on any atom is 0.134 e. The van der Waals surface area contributed by atoms with E-state index in [1.54, 1.807) is 18.4 Å². The summed E-state index contributed by atoms with van der Waals surface area (Å²) in [5.41, 5.74) is 3.96. The van der Waals surface area contributed by atoms with Gasteiger partial charge >= 0.3 is 0 Å². The first-order valence-corrected chi connectivity index (χ1v) is 8.19. The molecule has 4 aromatic rings. The van der Waals surface area contributed by atoms with E-state index in [1.807, 2.05) is 60.7 Å². The van der Waals surface area contributed by atoms with Crippen LogP contribution in [0.5, 0.6) is 5.75 Å². The van der Waals surface area contributed by atoms with Gasteiger partial charge in [0.2, 0.25) is 0 Å². The first kappa shape index (κ1) is 15.5. The number of pyridine rings is 1. The Hall–Kier alpha value is -3.04. The molecule has 0 spiro atoms. The van der Waals surface area contributed by atoms with Gasteiger partial charge < -0.3 is 9.52 Å². The van der Waals surface area contributed by atoms with Gasteiger partial charge in [-0.1, -0.05) is 35.9 Å². The minimum atomic E-state index is 0.189. The van der Waals surface area contributed by atoms with Crippen LogP contribution < -0.4 is 0 Å². The minimum Gasteiger partial charge on any atom is -0.507 e. The van der Waals surface area contributed by atoms with Crippen LogP contribution in [0.2, 0.25) is 5.02 Å². The molecule has 0 aliphatic heterocycles. The molecule has 0 fully saturated rings. The zero-order valence-electron chi connectivity index (χ0n) is 13.2. The number of para-hydroxylation sites is 1. The lowest BCUT2D eigenvalue weighted by Crippen LogP contribution is -1.91. The summed E-state index contributed by atoms with van der Waals surface area (Å²) in [5, 5.41) is 10.9. The smallest absolute Gasteiger partial charge is 0.134 e. The average Bonchev–Trinajstić information content (AvgIpc) is 3.17. The highest BCUT2D eigenvalue weighted by molar-refractivity contribution is 6.30. The highest BCUT2D eigenvalue weighted by Gasteiger charge is 2.12. The Morgan fingerprint density at radius 2 is 1.56 bits per heavy atom. The summed E-state index contributed by atoms with van der Waals surface area (Å²) in [4.78, 5) is 4.73. The van der Waals surface area contributed by atoms with Crippen molar-refractivity contribution in [1.29, 1.82) is 0 Å². The van der Waals surface area contributed by atoms with E-state index in [0.29, 0.717) is 16.3 Å². The highest BCUT2D eigenvalue weighted by Crippen LogP contribution is 2.34. The molecule has 4 heteroatoms. The summed E-state index contributed by atoms with van der Waals surface area (Å²) in [7, 11) is 0. The zero-order valence-corrected chi connectivity index (χ0v) is 13.9. The van der Waals surface area contributed by atoms with Crippen molar-refractivity contribution in [2.45, 2.75) is 0 Å². The second kappa shape index (κ2) is 6.46. The van der Waals surface area contributed by atoms with E-state index >= 15 is 0 Å². The number of hydrogen-bond acceptors (Lipinski definition) is 3. The predicted octanol–water partition coefficient (Wildman–Crippen LogP) is 6.03. The monoisotopic (exact) mass is 347 g/mol. The van der Waals surface area contributed by atoms with Crippen LogP contribution in [-0.4, -0.2) is 10.1 Å². The molecule has 0 radical (unpaired) electrons. The Balaban J connectivity index is 1.92. The van der Waals surface area contributed by atoms with E-state index in [-0.39, 0.29) is 5.75 Å². The summed E-state index contributed by atoms with van der Waals surface area (Å²) in [5.74, 6) is 0.933. The Bertz CT molecular complexity index is 1010. The van der Waals surface area contributed by atoms with Gasteiger partial charge in [-0.3, -0.25) is 0 Å². The fraction of sp³-hybridized carbons (Fsp3) is 0. The van der Waals surface area contributed by atoms with E-state index in [4.69, 9.17) is 21.0 Å². The Kier molecular flexibility index (Phi) is 4.00. The van der Waals surface area contributed by atoms with Gasteiger partial charge in [0, 0.05) is 21.7 Å². The lowest BCUT2D eigenvalue weighted by atomic mass is 10.0. The van der Waals surface area contributed by atoms with Gasteiger partial charge in [0.25, 0.3) is 0 Å². The first-order chi connectivity index (χ1) is 12.2. The van der Waals surface area contributed by atoms with Crippen LogP contribution in [0.1, 0.15) is 0 Å². The van der Waals surface area contributed by atoms with E-state index in [1.165, 1.54) is 0 Å². The molecule has 3 nitrogen and oxygen atoms in total. The number of benzene rings is 2. The minimum absolute atomic E-state index is 0.189. The van der Waals surface area contributed by atoms with E-state index < -0.39 is 0 Å². The summed E-state index contributed by atoms with van der Waals surface area (Å²) >= 11 is 5.99. The molecule has 0 aliphatic rings. The molecule has 2 aromatic heterocycles. The van der Waals surface area contributed by atoms with Crippen molar-refractivity contribution >= 4 is 11.6 Å².